The van der Waals surface area contributed by atoms with Crippen LogP contribution in [-0.4, -0.2) is 5.17 Å². The Kier molecular flexibility index (Phi) is 7.21. The van der Waals surface area contributed by atoms with Gasteiger partial charge in [0, 0.05) is 9.32 Å². The molecule has 3 aromatic carbocycles. The predicted octanol–water partition coefficient (Wildman–Crippen LogP) is 6.39. The molecule has 138 valence electrons. The largest absolute Gasteiger partial charge is 0.356 e. The zero-order valence-corrected chi connectivity index (χ0v) is 18.4. The zero-order chi connectivity index (χ0) is 17.8. The van der Waals surface area contributed by atoms with Gasteiger partial charge in [0.15, 0.2) is 5.17 Å². The molecule has 27 heavy (non-hydrogen) atoms. The summed E-state index contributed by atoms with van der Waals surface area (Å²) in [7, 11) is 0. The minimum Gasteiger partial charge on any atom is -0.356 e. The Balaban J connectivity index is 0.00000210. The molecule has 0 fully saturated rings. The topological polar surface area (TPSA) is 24.4 Å². The van der Waals surface area contributed by atoms with Crippen molar-refractivity contribution in [1.82, 2.24) is 5.32 Å². The molecule has 0 unspecified atom stereocenters. The van der Waals surface area contributed by atoms with Crippen molar-refractivity contribution in [3.63, 3.8) is 0 Å². The SMILES string of the molecule is Cl.Ic1ccccc1CSC1=N[C@H](c2ccccc2)[C@H](c2ccccc2)N1. The molecule has 0 amide bonds. The van der Waals surface area contributed by atoms with E-state index in [0.717, 1.165) is 10.9 Å². The first-order chi connectivity index (χ1) is 12.8. The highest BCUT2D eigenvalue weighted by Crippen LogP contribution is 2.38. The maximum Gasteiger partial charge on any atom is 0.158 e. The third-order valence-electron chi connectivity index (χ3n) is 4.47. The molecule has 2 nitrogen and oxygen atoms in total. The summed E-state index contributed by atoms with van der Waals surface area (Å²) in [6, 6.07) is 30.0. The molecule has 0 saturated heterocycles. The fourth-order valence-electron chi connectivity index (χ4n) is 3.13. The van der Waals surface area contributed by atoms with Crippen LogP contribution in [-0.2, 0) is 5.75 Å². The molecule has 0 radical (unpaired) electrons. The maximum absolute atomic E-state index is 5.03. The van der Waals surface area contributed by atoms with Crippen molar-refractivity contribution in [3.05, 3.63) is 105 Å². The highest BCUT2D eigenvalue weighted by Gasteiger charge is 2.31. The Morgan fingerprint density at radius 2 is 1.41 bits per heavy atom. The van der Waals surface area contributed by atoms with Crippen LogP contribution in [0.1, 0.15) is 28.8 Å². The number of aliphatic imine (C=N–C) groups is 1. The lowest BCUT2D eigenvalue weighted by Gasteiger charge is -2.19. The molecular formula is C22H20ClIN2S. The fourth-order valence-corrected chi connectivity index (χ4v) is 4.91. The van der Waals surface area contributed by atoms with Crippen LogP contribution in [0.4, 0.5) is 0 Å². The summed E-state index contributed by atoms with van der Waals surface area (Å²) in [6.45, 7) is 0. The molecule has 3 aromatic rings. The quantitative estimate of drug-likeness (QED) is 0.415. The smallest absolute Gasteiger partial charge is 0.158 e. The van der Waals surface area contributed by atoms with E-state index in [1.807, 2.05) is 0 Å². The van der Waals surface area contributed by atoms with Gasteiger partial charge in [-0.15, -0.1) is 12.4 Å². The number of hydrogen-bond acceptors (Lipinski definition) is 3. The first-order valence-electron chi connectivity index (χ1n) is 8.62. The number of nitrogens with zero attached hydrogens (tertiary/aromatic N) is 1. The summed E-state index contributed by atoms with van der Waals surface area (Å²) in [5.41, 5.74) is 3.87. The van der Waals surface area contributed by atoms with Gasteiger partial charge < -0.3 is 5.32 Å². The highest BCUT2D eigenvalue weighted by atomic mass is 127. The predicted molar refractivity (Wildman–Crippen MR) is 127 cm³/mol. The molecule has 5 heteroatoms. The highest BCUT2D eigenvalue weighted by molar-refractivity contribution is 14.1. The zero-order valence-electron chi connectivity index (χ0n) is 14.6. The van der Waals surface area contributed by atoms with Crippen molar-refractivity contribution >= 4 is 51.9 Å². The van der Waals surface area contributed by atoms with Crippen molar-refractivity contribution in [1.29, 1.82) is 0 Å². The van der Waals surface area contributed by atoms with Gasteiger partial charge >= 0.3 is 0 Å². The summed E-state index contributed by atoms with van der Waals surface area (Å²) in [4.78, 5) is 5.03. The van der Waals surface area contributed by atoms with Crippen LogP contribution in [0.25, 0.3) is 0 Å². The summed E-state index contributed by atoms with van der Waals surface area (Å²) < 4.78 is 1.30. The standard InChI is InChI=1S/C22H19IN2S.ClH/c23-19-14-8-7-13-18(19)15-26-22-24-20(16-9-3-1-4-10-16)21(25-22)17-11-5-2-6-12-17;/h1-14,20-21H,15H2,(H,24,25);1H/t20-,21+;. The lowest BCUT2D eigenvalue weighted by Crippen LogP contribution is -2.22. The van der Waals surface area contributed by atoms with E-state index < -0.39 is 0 Å². The third kappa shape index (κ3) is 4.86. The summed E-state index contributed by atoms with van der Waals surface area (Å²) in [5, 5.41) is 4.68. The van der Waals surface area contributed by atoms with Crippen molar-refractivity contribution in [2.24, 2.45) is 4.99 Å². The second-order valence-corrected chi connectivity index (χ2v) is 8.33. The van der Waals surface area contributed by atoms with Crippen molar-refractivity contribution in [2.45, 2.75) is 17.8 Å². The van der Waals surface area contributed by atoms with Gasteiger partial charge in [0.25, 0.3) is 0 Å². The van der Waals surface area contributed by atoms with Gasteiger partial charge in [0.05, 0.1) is 6.04 Å². The van der Waals surface area contributed by atoms with E-state index in [9.17, 15) is 0 Å². The number of benzene rings is 3. The van der Waals surface area contributed by atoms with Crippen LogP contribution in [0.5, 0.6) is 0 Å². The molecular weight excluding hydrogens is 487 g/mol. The Hall–Kier alpha value is -1.50. The second kappa shape index (κ2) is 9.62. The van der Waals surface area contributed by atoms with Gasteiger partial charge in [0.2, 0.25) is 0 Å². The van der Waals surface area contributed by atoms with Crippen LogP contribution >= 0.6 is 46.8 Å². The Morgan fingerprint density at radius 1 is 0.815 bits per heavy atom. The first-order valence-corrected chi connectivity index (χ1v) is 10.7. The molecule has 1 aliphatic rings. The van der Waals surface area contributed by atoms with Crippen LogP contribution in [0.3, 0.4) is 0 Å². The Bertz CT molecular complexity index is 902. The van der Waals surface area contributed by atoms with Gasteiger partial charge in [-0.05, 0) is 45.3 Å². The number of thioether (sulfide) groups is 1. The van der Waals surface area contributed by atoms with E-state index >= 15 is 0 Å². The van der Waals surface area contributed by atoms with Crippen molar-refractivity contribution < 1.29 is 0 Å². The van der Waals surface area contributed by atoms with Gasteiger partial charge in [-0.2, -0.15) is 0 Å². The molecule has 0 aliphatic carbocycles. The molecule has 4 rings (SSSR count). The third-order valence-corrected chi connectivity index (χ3v) is 6.48. The lowest BCUT2D eigenvalue weighted by atomic mass is 9.95. The fraction of sp³-hybridized carbons (Fsp3) is 0.136. The van der Waals surface area contributed by atoms with Crippen LogP contribution in [0, 0.1) is 3.57 Å². The molecule has 0 saturated carbocycles. The van der Waals surface area contributed by atoms with Crippen LogP contribution < -0.4 is 5.32 Å². The minimum absolute atomic E-state index is 0. The van der Waals surface area contributed by atoms with E-state index in [4.69, 9.17) is 4.99 Å². The molecule has 0 bridgehead atoms. The van der Waals surface area contributed by atoms with E-state index in [1.165, 1.54) is 20.3 Å². The normalized spacial score (nSPS) is 18.3. The second-order valence-electron chi connectivity index (χ2n) is 6.20. The number of hydrogen-bond donors (Lipinski definition) is 1. The number of amidine groups is 1. The molecule has 1 aliphatic heterocycles. The maximum atomic E-state index is 5.03. The Labute approximate surface area is 184 Å². The molecule has 2 atom stereocenters. The van der Waals surface area contributed by atoms with E-state index in [2.05, 4.69) is 113 Å². The summed E-state index contributed by atoms with van der Waals surface area (Å²) >= 11 is 4.18. The van der Waals surface area contributed by atoms with E-state index in [1.54, 1.807) is 11.8 Å². The Morgan fingerprint density at radius 3 is 2.07 bits per heavy atom. The monoisotopic (exact) mass is 506 g/mol. The van der Waals surface area contributed by atoms with Crippen LogP contribution in [0.15, 0.2) is 89.9 Å². The van der Waals surface area contributed by atoms with E-state index in [-0.39, 0.29) is 24.5 Å². The van der Waals surface area contributed by atoms with Gasteiger partial charge in [-0.1, -0.05) is 90.6 Å². The molecule has 0 aromatic heterocycles. The molecule has 0 spiro atoms. The van der Waals surface area contributed by atoms with Gasteiger partial charge in [0.1, 0.15) is 6.04 Å². The number of nitrogens with one attached hydrogen (secondary N) is 1. The van der Waals surface area contributed by atoms with E-state index in [0.29, 0.717) is 0 Å². The van der Waals surface area contributed by atoms with Crippen molar-refractivity contribution in [3.8, 4) is 0 Å². The number of halogens is 2. The summed E-state index contributed by atoms with van der Waals surface area (Å²) in [5.74, 6) is 0.925. The minimum atomic E-state index is 0. The number of rotatable bonds is 4. The van der Waals surface area contributed by atoms with Crippen molar-refractivity contribution in [2.75, 3.05) is 0 Å². The average Bonchev–Trinajstić information content (AvgIpc) is 3.13. The summed E-state index contributed by atoms with van der Waals surface area (Å²) in [6.07, 6.45) is 0. The van der Waals surface area contributed by atoms with Gasteiger partial charge in [-0.3, -0.25) is 4.99 Å². The lowest BCUT2D eigenvalue weighted by molar-refractivity contribution is 0.573. The van der Waals surface area contributed by atoms with Gasteiger partial charge in [-0.25, -0.2) is 0 Å². The molecule has 1 N–H and O–H groups in total. The first kappa shape index (κ1) is 20.2. The van der Waals surface area contributed by atoms with Crippen LogP contribution in [0.2, 0.25) is 0 Å². The molecule has 1 heterocycles. The average molecular weight is 507 g/mol.